The maximum Gasteiger partial charge on any atom is 0.342 e. The van der Waals surface area contributed by atoms with Crippen molar-refractivity contribution < 1.29 is 37.0 Å². The predicted octanol–water partition coefficient (Wildman–Crippen LogP) is 1.76. The molecule has 1 saturated heterocycles. The lowest BCUT2D eigenvalue weighted by molar-refractivity contribution is 0.0471. The van der Waals surface area contributed by atoms with E-state index < -0.39 is 28.4 Å². The molecule has 0 atom stereocenters. The Morgan fingerprint density at radius 1 is 1.00 bits per heavy atom. The molecular formula is C21H23NO8S. The number of para-hydroxylation sites is 1. The lowest BCUT2D eigenvalue weighted by Gasteiger charge is -2.26. The summed E-state index contributed by atoms with van der Waals surface area (Å²) in [6, 6.07) is 10.3. The van der Waals surface area contributed by atoms with Crippen molar-refractivity contribution >= 4 is 21.8 Å². The van der Waals surface area contributed by atoms with Crippen LogP contribution in [0.15, 0.2) is 47.4 Å². The number of esters is 1. The van der Waals surface area contributed by atoms with Crippen LogP contribution in [0, 0.1) is 0 Å². The van der Waals surface area contributed by atoms with Crippen LogP contribution < -0.4 is 9.47 Å². The molecule has 1 heterocycles. The molecule has 2 aromatic rings. The zero-order valence-corrected chi connectivity index (χ0v) is 18.0. The highest BCUT2D eigenvalue weighted by Gasteiger charge is 2.26. The van der Waals surface area contributed by atoms with Crippen LogP contribution in [0.1, 0.15) is 20.7 Å². The van der Waals surface area contributed by atoms with E-state index in [9.17, 15) is 18.0 Å². The van der Waals surface area contributed by atoms with Gasteiger partial charge in [0, 0.05) is 18.7 Å². The van der Waals surface area contributed by atoms with Crippen molar-refractivity contribution in [1.29, 1.82) is 0 Å². The Balaban J connectivity index is 1.66. The molecule has 1 aliphatic heterocycles. The molecule has 0 spiro atoms. The van der Waals surface area contributed by atoms with Crippen LogP contribution in [-0.4, -0.2) is 71.6 Å². The Morgan fingerprint density at radius 2 is 1.68 bits per heavy atom. The van der Waals surface area contributed by atoms with Gasteiger partial charge in [-0.3, -0.25) is 4.79 Å². The normalized spacial score (nSPS) is 14.6. The first kappa shape index (κ1) is 22.7. The molecule has 10 heteroatoms. The Labute approximate surface area is 180 Å². The van der Waals surface area contributed by atoms with Crippen LogP contribution in [0.4, 0.5) is 0 Å². The number of carbonyl (C=O) groups excluding carboxylic acids is 2. The fraction of sp³-hybridized carbons (Fsp3) is 0.333. The zero-order chi connectivity index (χ0) is 22.4. The van der Waals surface area contributed by atoms with Crippen LogP contribution >= 0.6 is 0 Å². The summed E-state index contributed by atoms with van der Waals surface area (Å²) in [5, 5.41) is 0. The van der Waals surface area contributed by atoms with Gasteiger partial charge in [0.05, 0.1) is 32.3 Å². The minimum absolute atomic E-state index is 0.0871. The highest BCUT2D eigenvalue weighted by molar-refractivity contribution is 7.89. The van der Waals surface area contributed by atoms with Crippen molar-refractivity contribution in [1.82, 2.24) is 4.31 Å². The molecule has 1 aliphatic rings. The summed E-state index contributed by atoms with van der Waals surface area (Å²) >= 11 is 0. The molecule has 3 rings (SSSR count). The van der Waals surface area contributed by atoms with E-state index >= 15 is 0 Å². The van der Waals surface area contributed by atoms with Gasteiger partial charge in [0.1, 0.15) is 5.56 Å². The highest BCUT2D eigenvalue weighted by atomic mass is 32.2. The molecule has 166 valence electrons. The lowest BCUT2D eigenvalue weighted by atomic mass is 10.1. The second kappa shape index (κ2) is 9.90. The van der Waals surface area contributed by atoms with Gasteiger partial charge in [-0.25, -0.2) is 13.2 Å². The molecule has 2 aromatic carbocycles. The summed E-state index contributed by atoms with van der Waals surface area (Å²) in [7, 11) is -0.811. The maximum atomic E-state index is 12.6. The van der Waals surface area contributed by atoms with E-state index in [4.69, 9.17) is 18.9 Å². The standard InChI is InChI=1S/C21H23NO8S/c1-27-19-5-3-4-17(20(19)28-2)21(24)30-14-18(23)15-6-8-16(9-7-15)31(25,26)22-10-12-29-13-11-22/h3-9H,10-14H2,1-2H3. The van der Waals surface area contributed by atoms with Gasteiger partial charge in [0.2, 0.25) is 10.0 Å². The highest BCUT2D eigenvalue weighted by Crippen LogP contribution is 2.31. The Kier molecular flexibility index (Phi) is 7.26. The number of morpholine rings is 1. The van der Waals surface area contributed by atoms with Crippen LogP contribution in [0.5, 0.6) is 11.5 Å². The van der Waals surface area contributed by atoms with Gasteiger partial charge >= 0.3 is 5.97 Å². The van der Waals surface area contributed by atoms with Crippen LogP contribution in [0.3, 0.4) is 0 Å². The third kappa shape index (κ3) is 5.04. The number of Topliss-reactive ketones (excluding diaryl/α,β-unsaturated/α-hetero) is 1. The number of sulfonamides is 1. The number of hydrogen-bond donors (Lipinski definition) is 0. The summed E-state index contributed by atoms with van der Waals surface area (Å²) in [6.45, 7) is 0.757. The van der Waals surface area contributed by atoms with E-state index in [1.54, 1.807) is 12.1 Å². The van der Waals surface area contributed by atoms with E-state index in [1.807, 2.05) is 0 Å². The number of rotatable bonds is 8. The third-order valence-electron chi connectivity index (χ3n) is 4.74. The summed E-state index contributed by atoms with van der Waals surface area (Å²) in [6.07, 6.45) is 0. The minimum Gasteiger partial charge on any atom is -0.493 e. The quantitative estimate of drug-likeness (QED) is 0.443. The van der Waals surface area contributed by atoms with Crippen molar-refractivity contribution in [3.8, 4) is 11.5 Å². The summed E-state index contributed by atoms with van der Waals surface area (Å²) in [5.41, 5.74) is 0.355. The van der Waals surface area contributed by atoms with E-state index in [2.05, 4.69) is 0 Å². The first-order valence-electron chi connectivity index (χ1n) is 9.47. The zero-order valence-electron chi connectivity index (χ0n) is 17.2. The molecule has 0 aliphatic carbocycles. The molecule has 0 aromatic heterocycles. The molecule has 31 heavy (non-hydrogen) atoms. The van der Waals surface area contributed by atoms with E-state index in [0.717, 1.165) is 0 Å². The average molecular weight is 449 g/mol. The van der Waals surface area contributed by atoms with Crippen molar-refractivity contribution in [2.45, 2.75) is 4.90 Å². The Hall–Kier alpha value is -2.95. The minimum atomic E-state index is -3.65. The van der Waals surface area contributed by atoms with Gasteiger partial charge in [-0.15, -0.1) is 0 Å². The molecule has 0 radical (unpaired) electrons. The number of ether oxygens (including phenoxy) is 4. The fourth-order valence-electron chi connectivity index (χ4n) is 3.09. The molecule has 0 bridgehead atoms. The number of methoxy groups -OCH3 is 2. The molecule has 0 amide bonds. The van der Waals surface area contributed by atoms with Gasteiger partial charge in [-0.2, -0.15) is 4.31 Å². The molecule has 1 fully saturated rings. The van der Waals surface area contributed by atoms with Gasteiger partial charge in [0.15, 0.2) is 23.9 Å². The van der Waals surface area contributed by atoms with Crippen molar-refractivity contribution in [2.75, 3.05) is 47.1 Å². The largest absolute Gasteiger partial charge is 0.493 e. The summed E-state index contributed by atoms with van der Waals surface area (Å²) in [4.78, 5) is 24.9. The van der Waals surface area contributed by atoms with Gasteiger partial charge in [-0.1, -0.05) is 6.07 Å². The molecule has 9 nitrogen and oxygen atoms in total. The maximum absolute atomic E-state index is 12.6. The Morgan fingerprint density at radius 3 is 2.29 bits per heavy atom. The van der Waals surface area contributed by atoms with Gasteiger partial charge in [-0.05, 0) is 36.4 Å². The van der Waals surface area contributed by atoms with Gasteiger partial charge < -0.3 is 18.9 Å². The number of carbonyl (C=O) groups is 2. The first-order chi connectivity index (χ1) is 14.9. The second-order valence-electron chi connectivity index (χ2n) is 6.58. The molecule has 0 unspecified atom stereocenters. The van der Waals surface area contributed by atoms with Crippen LogP contribution in [0.2, 0.25) is 0 Å². The summed E-state index contributed by atoms with van der Waals surface area (Å²) < 4.78 is 47.3. The number of nitrogens with zero attached hydrogens (tertiary/aromatic N) is 1. The molecule has 0 N–H and O–H groups in total. The lowest BCUT2D eigenvalue weighted by Crippen LogP contribution is -2.40. The van der Waals surface area contributed by atoms with Gasteiger partial charge in [0.25, 0.3) is 0 Å². The average Bonchev–Trinajstić information content (AvgIpc) is 2.82. The first-order valence-corrected chi connectivity index (χ1v) is 10.9. The number of ketones is 1. The predicted molar refractivity (Wildman–Crippen MR) is 110 cm³/mol. The van der Waals surface area contributed by atoms with Crippen LogP contribution in [0.25, 0.3) is 0 Å². The van der Waals surface area contributed by atoms with Crippen molar-refractivity contribution in [3.05, 3.63) is 53.6 Å². The fourth-order valence-corrected chi connectivity index (χ4v) is 4.50. The topological polar surface area (TPSA) is 108 Å². The van der Waals surface area contributed by atoms with E-state index in [-0.39, 0.29) is 34.9 Å². The monoisotopic (exact) mass is 449 g/mol. The van der Waals surface area contributed by atoms with E-state index in [0.29, 0.717) is 19.0 Å². The molecular weight excluding hydrogens is 426 g/mol. The second-order valence-corrected chi connectivity index (χ2v) is 8.52. The van der Waals surface area contributed by atoms with Crippen molar-refractivity contribution in [2.24, 2.45) is 0 Å². The number of hydrogen-bond acceptors (Lipinski definition) is 8. The summed E-state index contributed by atoms with van der Waals surface area (Å²) in [5.74, 6) is -0.637. The van der Waals surface area contributed by atoms with Crippen molar-refractivity contribution in [3.63, 3.8) is 0 Å². The third-order valence-corrected chi connectivity index (χ3v) is 6.65. The van der Waals surface area contributed by atoms with Crippen LogP contribution in [-0.2, 0) is 19.5 Å². The SMILES string of the molecule is COc1cccc(C(=O)OCC(=O)c2ccc(S(=O)(=O)N3CCOCC3)cc2)c1OC. The number of benzene rings is 2. The molecule has 0 saturated carbocycles. The van der Waals surface area contributed by atoms with E-state index in [1.165, 1.54) is 48.9 Å². The smallest absolute Gasteiger partial charge is 0.342 e. The Bertz CT molecular complexity index is 1040.